The van der Waals surface area contributed by atoms with Gasteiger partial charge in [-0.2, -0.15) is 0 Å². The Bertz CT molecular complexity index is 456. The third-order valence-electron chi connectivity index (χ3n) is 1.71. The molecule has 7 nitrogen and oxygen atoms in total. The van der Waals surface area contributed by atoms with Crippen LogP contribution in [0.15, 0.2) is 18.2 Å². The largest absolute Gasteiger partial charge is 0.466 e. The summed E-state index contributed by atoms with van der Waals surface area (Å²) in [5.41, 5.74) is 5.43. The molecule has 1 aromatic heterocycles. The van der Waals surface area contributed by atoms with Crippen LogP contribution in [0.25, 0.3) is 6.08 Å². The highest BCUT2D eigenvalue weighted by molar-refractivity contribution is 5.86. The summed E-state index contributed by atoms with van der Waals surface area (Å²) in [5, 5.41) is 10.4. The molecule has 2 N–H and O–H groups in total. The van der Waals surface area contributed by atoms with Crippen molar-refractivity contribution < 1.29 is 14.5 Å². The lowest BCUT2D eigenvalue weighted by atomic mass is 10.3. The molecule has 1 aromatic rings. The molecular weight excluding hydrogens is 214 g/mol. The molecule has 0 fully saturated rings. The Balaban J connectivity index is 2.94. The van der Waals surface area contributed by atoms with E-state index in [2.05, 4.69) is 9.72 Å². The fourth-order valence-corrected chi connectivity index (χ4v) is 0.952. The Morgan fingerprint density at radius 1 is 1.62 bits per heavy atom. The minimum Gasteiger partial charge on any atom is -0.466 e. The zero-order chi connectivity index (χ0) is 12.1. The molecule has 0 unspecified atom stereocenters. The molecule has 0 aliphatic carbocycles. The number of hydrogen-bond donors (Lipinski definition) is 1. The number of carbonyl (C=O) groups is 1. The number of hydrogen-bond acceptors (Lipinski definition) is 6. The van der Waals surface area contributed by atoms with Gasteiger partial charge < -0.3 is 10.5 Å². The van der Waals surface area contributed by atoms with E-state index in [1.807, 2.05) is 0 Å². The first-order valence-corrected chi connectivity index (χ1v) is 4.21. The summed E-state index contributed by atoms with van der Waals surface area (Å²) in [6, 6.07) is 2.60. The number of nitro groups is 1. The molecule has 0 radical (unpaired) electrons. The SMILES string of the molecule is COC(=O)/C=C/c1ccc([N+](=O)[O-])c(N)n1. The van der Waals surface area contributed by atoms with Crippen molar-refractivity contribution in [1.29, 1.82) is 0 Å². The normalized spacial score (nSPS) is 10.3. The molecule has 1 heterocycles. The van der Waals surface area contributed by atoms with Gasteiger partial charge in [-0.1, -0.05) is 0 Å². The van der Waals surface area contributed by atoms with Crippen molar-refractivity contribution in [3.63, 3.8) is 0 Å². The van der Waals surface area contributed by atoms with Gasteiger partial charge in [0.25, 0.3) is 0 Å². The maximum Gasteiger partial charge on any atom is 0.330 e. The molecular formula is C9H9N3O4. The predicted octanol–water partition coefficient (Wildman–Crippen LogP) is 0.758. The van der Waals surface area contributed by atoms with Gasteiger partial charge in [0, 0.05) is 12.1 Å². The predicted molar refractivity (Wildman–Crippen MR) is 56.4 cm³/mol. The molecule has 16 heavy (non-hydrogen) atoms. The molecule has 1 rings (SSSR count). The van der Waals surface area contributed by atoms with E-state index in [4.69, 9.17) is 5.73 Å². The van der Waals surface area contributed by atoms with Gasteiger partial charge >= 0.3 is 11.7 Å². The second-order valence-corrected chi connectivity index (χ2v) is 2.75. The van der Waals surface area contributed by atoms with Gasteiger partial charge in [0.05, 0.1) is 17.7 Å². The number of methoxy groups -OCH3 is 1. The third kappa shape index (κ3) is 2.77. The molecule has 0 aromatic carbocycles. The lowest BCUT2D eigenvalue weighted by Gasteiger charge is -1.97. The van der Waals surface area contributed by atoms with E-state index >= 15 is 0 Å². The van der Waals surface area contributed by atoms with E-state index in [9.17, 15) is 14.9 Å². The number of nitrogens with zero attached hydrogens (tertiary/aromatic N) is 2. The smallest absolute Gasteiger partial charge is 0.330 e. The van der Waals surface area contributed by atoms with Crippen LogP contribution in [-0.4, -0.2) is 23.0 Å². The van der Waals surface area contributed by atoms with Gasteiger partial charge in [-0.25, -0.2) is 9.78 Å². The van der Waals surface area contributed by atoms with E-state index in [0.29, 0.717) is 5.69 Å². The van der Waals surface area contributed by atoms with Crippen molar-refractivity contribution in [3.8, 4) is 0 Å². The topological polar surface area (TPSA) is 108 Å². The number of esters is 1. The van der Waals surface area contributed by atoms with E-state index in [0.717, 1.165) is 6.08 Å². The van der Waals surface area contributed by atoms with Crippen LogP contribution in [0.3, 0.4) is 0 Å². The van der Waals surface area contributed by atoms with Gasteiger partial charge in [0.15, 0.2) is 0 Å². The molecule has 0 bridgehead atoms. The number of aromatic nitrogens is 1. The molecule has 0 aliphatic rings. The molecule has 7 heteroatoms. The van der Waals surface area contributed by atoms with Crippen molar-refractivity contribution in [1.82, 2.24) is 4.98 Å². The lowest BCUT2D eigenvalue weighted by Crippen LogP contribution is -1.99. The van der Waals surface area contributed by atoms with Crippen LogP contribution in [0.5, 0.6) is 0 Å². The molecule has 0 spiro atoms. The highest BCUT2D eigenvalue weighted by atomic mass is 16.6. The minimum absolute atomic E-state index is 0.197. The summed E-state index contributed by atoms with van der Waals surface area (Å²) in [7, 11) is 1.24. The summed E-state index contributed by atoms with van der Waals surface area (Å²) in [6.07, 6.45) is 2.50. The highest BCUT2D eigenvalue weighted by Crippen LogP contribution is 2.18. The fourth-order valence-electron chi connectivity index (χ4n) is 0.952. The number of anilines is 1. The summed E-state index contributed by atoms with van der Waals surface area (Å²) in [4.78, 5) is 24.3. The second-order valence-electron chi connectivity index (χ2n) is 2.75. The summed E-state index contributed by atoms with van der Waals surface area (Å²) in [5.74, 6) is -0.740. The maximum absolute atomic E-state index is 10.8. The number of pyridine rings is 1. The van der Waals surface area contributed by atoms with E-state index in [-0.39, 0.29) is 11.5 Å². The number of ether oxygens (including phenoxy) is 1. The quantitative estimate of drug-likeness (QED) is 0.350. The van der Waals surface area contributed by atoms with Gasteiger partial charge in [0.2, 0.25) is 5.82 Å². The van der Waals surface area contributed by atoms with E-state index < -0.39 is 10.9 Å². The van der Waals surface area contributed by atoms with E-state index in [1.54, 1.807) is 0 Å². The van der Waals surface area contributed by atoms with Crippen LogP contribution in [0.1, 0.15) is 5.69 Å². The summed E-state index contributed by atoms with van der Waals surface area (Å²) in [6.45, 7) is 0. The Morgan fingerprint density at radius 2 is 2.31 bits per heavy atom. The maximum atomic E-state index is 10.8. The zero-order valence-electron chi connectivity index (χ0n) is 8.41. The third-order valence-corrected chi connectivity index (χ3v) is 1.71. The number of carbonyl (C=O) groups excluding carboxylic acids is 1. The van der Waals surface area contributed by atoms with Crippen LogP contribution < -0.4 is 5.73 Å². The Hall–Kier alpha value is -2.44. The Kier molecular flexibility index (Phi) is 3.54. The monoisotopic (exact) mass is 223 g/mol. The van der Waals surface area contributed by atoms with Crippen LogP contribution in [0, 0.1) is 10.1 Å². The standard InChI is InChI=1S/C9H9N3O4/c1-16-8(13)5-3-6-2-4-7(12(14)15)9(10)11-6/h2-5H,1H3,(H2,10,11)/b5-3+. The average Bonchev–Trinajstić information content (AvgIpc) is 2.25. The molecule has 0 saturated carbocycles. The average molecular weight is 223 g/mol. The van der Waals surface area contributed by atoms with Crippen molar-refractivity contribution in [2.45, 2.75) is 0 Å². The van der Waals surface area contributed by atoms with Crippen LogP contribution >= 0.6 is 0 Å². The molecule has 0 amide bonds. The first kappa shape index (κ1) is 11.6. The summed E-state index contributed by atoms with van der Waals surface area (Å²) < 4.78 is 4.37. The molecule has 0 atom stereocenters. The van der Waals surface area contributed by atoms with Crippen molar-refractivity contribution in [2.24, 2.45) is 0 Å². The zero-order valence-corrected chi connectivity index (χ0v) is 8.41. The fraction of sp³-hybridized carbons (Fsp3) is 0.111. The van der Waals surface area contributed by atoms with Crippen LogP contribution in [0.2, 0.25) is 0 Å². The van der Waals surface area contributed by atoms with Gasteiger partial charge in [-0.3, -0.25) is 10.1 Å². The van der Waals surface area contributed by atoms with Gasteiger partial charge in [-0.05, 0) is 12.1 Å². The van der Waals surface area contributed by atoms with Crippen molar-refractivity contribution in [2.75, 3.05) is 12.8 Å². The number of nitrogens with two attached hydrogens (primary N) is 1. The van der Waals surface area contributed by atoms with Crippen molar-refractivity contribution in [3.05, 3.63) is 34.0 Å². The van der Waals surface area contributed by atoms with Gasteiger partial charge in [-0.15, -0.1) is 0 Å². The van der Waals surface area contributed by atoms with Gasteiger partial charge in [0.1, 0.15) is 0 Å². The highest BCUT2D eigenvalue weighted by Gasteiger charge is 2.11. The van der Waals surface area contributed by atoms with Crippen LogP contribution in [0.4, 0.5) is 11.5 Å². The molecule has 0 aliphatic heterocycles. The first-order valence-electron chi connectivity index (χ1n) is 4.21. The van der Waals surface area contributed by atoms with E-state index in [1.165, 1.54) is 25.3 Å². The second kappa shape index (κ2) is 4.87. The summed E-state index contributed by atoms with van der Waals surface area (Å²) >= 11 is 0. The molecule has 84 valence electrons. The van der Waals surface area contributed by atoms with Crippen LogP contribution in [-0.2, 0) is 9.53 Å². The first-order chi connectivity index (χ1) is 7.54. The number of nitrogen functional groups attached to an aromatic ring is 1. The minimum atomic E-state index is -0.629. The Labute approximate surface area is 90.7 Å². The Morgan fingerprint density at radius 3 is 2.81 bits per heavy atom. The van der Waals surface area contributed by atoms with Crippen molar-refractivity contribution >= 4 is 23.6 Å². The molecule has 0 saturated heterocycles. The number of rotatable bonds is 3. The lowest BCUT2D eigenvalue weighted by molar-refractivity contribution is -0.384.